The molecule has 1 heterocycles. The zero-order valence-electron chi connectivity index (χ0n) is 11.0. The summed E-state index contributed by atoms with van der Waals surface area (Å²) in [6, 6.07) is 4.44. The Kier molecular flexibility index (Phi) is 4.12. The van der Waals surface area contributed by atoms with Crippen LogP contribution in [0.1, 0.15) is 38.1 Å². The van der Waals surface area contributed by atoms with Gasteiger partial charge in [0.05, 0.1) is 5.69 Å². The van der Waals surface area contributed by atoms with Gasteiger partial charge in [-0.3, -0.25) is 0 Å². The van der Waals surface area contributed by atoms with Gasteiger partial charge in [0.2, 0.25) is 0 Å². The molecule has 20 heavy (non-hydrogen) atoms. The van der Waals surface area contributed by atoms with Crippen LogP contribution in [-0.4, -0.2) is 14.8 Å². The molecule has 0 amide bonds. The molecule has 1 aromatic heterocycles. The van der Waals surface area contributed by atoms with Crippen LogP contribution in [0.15, 0.2) is 27.4 Å². The summed E-state index contributed by atoms with van der Waals surface area (Å²) in [6.07, 6.45) is 8.11. The number of aromatic nitrogens is 3. The van der Waals surface area contributed by atoms with Crippen LogP contribution in [0.25, 0.3) is 11.4 Å². The van der Waals surface area contributed by atoms with Crippen molar-refractivity contribution < 1.29 is 0 Å². The molecule has 106 valence electrons. The molecule has 0 atom stereocenters. The number of rotatable bonds is 2. The Bertz CT molecular complexity index is 618. The molecule has 0 unspecified atom stereocenters. The second kappa shape index (κ2) is 5.85. The smallest absolute Gasteiger partial charge is 0.166 e. The van der Waals surface area contributed by atoms with Gasteiger partial charge in [-0.25, -0.2) is 0 Å². The molecular weight excluding hydrogens is 384 g/mol. The lowest BCUT2D eigenvalue weighted by molar-refractivity contribution is 0.355. The number of nitrogen functional groups attached to an aromatic ring is 1. The molecule has 1 aliphatic carbocycles. The number of benzene rings is 1. The third-order valence-corrected chi connectivity index (χ3v) is 4.99. The van der Waals surface area contributed by atoms with Gasteiger partial charge in [0, 0.05) is 20.6 Å². The highest BCUT2D eigenvalue weighted by atomic mass is 79.9. The standard InChI is InChI=1S/C14H16Br2N4/c15-9-6-11(13(17)12(16)7-9)14-19-18-8-20(14)10-4-2-1-3-5-10/h6-8,10H,1-5,17H2. The fraction of sp³-hybridized carbons (Fsp3) is 0.429. The average molecular weight is 400 g/mol. The zero-order valence-corrected chi connectivity index (χ0v) is 14.2. The second-order valence-electron chi connectivity index (χ2n) is 5.20. The number of hydrogen-bond acceptors (Lipinski definition) is 3. The van der Waals surface area contributed by atoms with Gasteiger partial charge < -0.3 is 10.3 Å². The molecule has 3 rings (SSSR count). The SMILES string of the molecule is Nc1c(Br)cc(Br)cc1-c1nncn1C1CCCCC1. The highest BCUT2D eigenvalue weighted by Gasteiger charge is 2.21. The van der Waals surface area contributed by atoms with Crippen molar-refractivity contribution in [2.45, 2.75) is 38.1 Å². The molecule has 0 bridgehead atoms. The molecule has 1 fully saturated rings. The van der Waals surface area contributed by atoms with Gasteiger partial charge in [-0.15, -0.1) is 10.2 Å². The fourth-order valence-corrected chi connectivity index (χ4v) is 4.06. The summed E-state index contributed by atoms with van der Waals surface area (Å²) in [5, 5.41) is 8.40. The lowest BCUT2D eigenvalue weighted by Gasteiger charge is -2.24. The Morgan fingerprint density at radius 2 is 1.90 bits per heavy atom. The molecule has 1 aromatic carbocycles. The maximum Gasteiger partial charge on any atom is 0.166 e. The summed E-state index contributed by atoms with van der Waals surface area (Å²) < 4.78 is 4.04. The van der Waals surface area contributed by atoms with Gasteiger partial charge >= 0.3 is 0 Å². The third kappa shape index (κ3) is 2.63. The predicted molar refractivity (Wildman–Crippen MR) is 87.4 cm³/mol. The van der Waals surface area contributed by atoms with Gasteiger partial charge in [0.25, 0.3) is 0 Å². The van der Waals surface area contributed by atoms with Gasteiger partial charge in [-0.1, -0.05) is 35.2 Å². The summed E-state index contributed by atoms with van der Waals surface area (Å²) in [5.74, 6) is 0.858. The quantitative estimate of drug-likeness (QED) is 0.753. The van der Waals surface area contributed by atoms with Crippen LogP contribution in [0.5, 0.6) is 0 Å². The van der Waals surface area contributed by atoms with Crippen LogP contribution in [0.3, 0.4) is 0 Å². The Balaban J connectivity index is 2.05. The predicted octanol–water partition coefficient (Wildman–Crippen LogP) is 4.56. The number of anilines is 1. The molecule has 2 N–H and O–H groups in total. The van der Waals surface area contributed by atoms with Crippen molar-refractivity contribution in [3.63, 3.8) is 0 Å². The molecule has 0 aliphatic heterocycles. The highest BCUT2D eigenvalue weighted by molar-refractivity contribution is 9.11. The van der Waals surface area contributed by atoms with Gasteiger partial charge in [-0.05, 0) is 40.9 Å². The minimum atomic E-state index is 0.492. The molecule has 4 nitrogen and oxygen atoms in total. The summed E-state index contributed by atoms with van der Waals surface area (Å²) in [6.45, 7) is 0. The Morgan fingerprint density at radius 3 is 2.65 bits per heavy atom. The molecule has 1 saturated carbocycles. The number of halogens is 2. The summed E-state index contributed by atoms with van der Waals surface area (Å²) >= 11 is 7.00. The van der Waals surface area contributed by atoms with E-state index in [9.17, 15) is 0 Å². The van der Waals surface area contributed by atoms with Gasteiger partial charge in [0.15, 0.2) is 5.82 Å². The second-order valence-corrected chi connectivity index (χ2v) is 6.97. The van der Waals surface area contributed by atoms with Crippen molar-refractivity contribution in [3.05, 3.63) is 27.4 Å². The van der Waals surface area contributed by atoms with Gasteiger partial charge in [-0.2, -0.15) is 0 Å². The Hall–Kier alpha value is -0.880. The summed E-state index contributed by atoms with van der Waals surface area (Å²) in [4.78, 5) is 0. The summed E-state index contributed by atoms with van der Waals surface area (Å²) in [7, 11) is 0. The molecule has 2 aromatic rings. The summed E-state index contributed by atoms with van der Waals surface area (Å²) in [5.41, 5.74) is 7.82. The Morgan fingerprint density at radius 1 is 1.15 bits per heavy atom. The fourth-order valence-electron chi connectivity index (χ4n) is 2.83. The lowest BCUT2D eigenvalue weighted by Crippen LogP contribution is -2.13. The van der Waals surface area contributed by atoms with E-state index < -0.39 is 0 Å². The first-order chi connectivity index (χ1) is 9.66. The van der Waals surface area contributed by atoms with E-state index in [0.717, 1.165) is 20.3 Å². The topological polar surface area (TPSA) is 56.7 Å². The van der Waals surface area contributed by atoms with E-state index in [0.29, 0.717) is 11.7 Å². The van der Waals surface area contributed by atoms with E-state index >= 15 is 0 Å². The van der Waals surface area contributed by atoms with Crippen molar-refractivity contribution in [3.8, 4) is 11.4 Å². The highest BCUT2D eigenvalue weighted by Crippen LogP contribution is 2.37. The number of hydrogen-bond donors (Lipinski definition) is 1. The van der Waals surface area contributed by atoms with E-state index in [1.54, 1.807) is 0 Å². The maximum atomic E-state index is 6.19. The first-order valence-electron chi connectivity index (χ1n) is 6.81. The minimum absolute atomic E-state index is 0.492. The van der Waals surface area contributed by atoms with Crippen molar-refractivity contribution >= 4 is 37.5 Å². The maximum absolute atomic E-state index is 6.19. The van der Waals surface area contributed by atoms with E-state index in [4.69, 9.17) is 5.73 Å². The van der Waals surface area contributed by atoms with Crippen molar-refractivity contribution in [1.82, 2.24) is 14.8 Å². The van der Waals surface area contributed by atoms with Crippen LogP contribution in [-0.2, 0) is 0 Å². The molecule has 0 spiro atoms. The molecule has 0 saturated heterocycles. The van der Waals surface area contributed by atoms with Crippen LogP contribution in [0, 0.1) is 0 Å². The normalized spacial score (nSPS) is 16.5. The van der Waals surface area contributed by atoms with Gasteiger partial charge in [0.1, 0.15) is 6.33 Å². The van der Waals surface area contributed by atoms with E-state index in [1.165, 1.54) is 32.1 Å². The van der Waals surface area contributed by atoms with Crippen LogP contribution in [0.2, 0.25) is 0 Å². The molecular formula is C14H16Br2N4. The van der Waals surface area contributed by atoms with E-state index in [2.05, 4.69) is 46.6 Å². The minimum Gasteiger partial charge on any atom is -0.397 e. The lowest BCUT2D eigenvalue weighted by atomic mass is 9.95. The van der Waals surface area contributed by atoms with Crippen molar-refractivity contribution in [2.75, 3.05) is 5.73 Å². The molecule has 6 heteroatoms. The molecule has 0 radical (unpaired) electrons. The van der Waals surface area contributed by atoms with Crippen LogP contribution >= 0.6 is 31.9 Å². The first kappa shape index (κ1) is 14.1. The Labute approximate surface area is 135 Å². The third-order valence-electron chi connectivity index (χ3n) is 3.88. The number of nitrogens with zero attached hydrogens (tertiary/aromatic N) is 3. The van der Waals surface area contributed by atoms with E-state index in [1.807, 2.05) is 18.5 Å². The van der Waals surface area contributed by atoms with Crippen LogP contribution < -0.4 is 5.73 Å². The van der Waals surface area contributed by atoms with Crippen molar-refractivity contribution in [2.24, 2.45) is 0 Å². The zero-order chi connectivity index (χ0) is 14.1. The first-order valence-corrected chi connectivity index (χ1v) is 8.40. The monoisotopic (exact) mass is 398 g/mol. The number of nitrogens with two attached hydrogens (primary N) is 1. The van der Waals surface area contributed by atoms with Crippen LogP contribution in [0.4, 0.5) is 5.69 Å². The molecule has 1 aliphatic rings. The average Bonchev–Trinajstić information content (AvgIpc) is 2.93. The largest absolute Gasteiger partial charge is 0.397 e. The van der Waals surface area contributed by atoms with E-state index in [-0.39, 0.29) is 0 Å². The van der Waals surface area contributed by atoms with Crippen molar-refractivity contribution in [1.29, 1.82) is 0 Å².